The second kappa shape index (κ2) is 6.10. The lowest BCUT2D eigenvalue weighted by molar-refractivity contribution is 0.563. The molecule has 3 aromatic rings. The minimum atomic E-state index is 0.174. The highest BCUT2D eigenvalue weighted by Gasteiger charge is 2.13. The van der Waals surface area contributed by atoms with Crippen LogP contribution in [0.25, 0.3) is 11.0 Å². The molecule has 3 rings (SSSR count). The van der Waals surface area contributed by atoms with E-state index in [0.29, 0.717) is 11.8 Å². The van der Waals surface area contributed by atoms with Crippen LogP contribution >= 0.6 is 23.2 Å². The van der Waals surface area contributed by atoms with E-state index in [2.05, 4.69) is 18.3 Å². The summed E-state index contributed by atoms with van der Waals surface area (Å²) < 4.78 is 5.56. The first kappa shape index (κ1) is 14.5. The standard InChI is InChI=1S/C17H15Cl2NO/c1-11(12-5-4-6-13(18)9-12)20-10-15-14-7-2-3-8-16(14)21-17(15)19/h2-9,11,20H,10H2,1H3/t11-/m1/s1. The third-order valence-electron chi connectivity index (χ3n) is 3.58. The van der Waals surface area contributed by atoms with Crippen molar-refractivity contribution < 1.29 is 4.42 Å². The quantitative estimate of drug-likeness (QED) is 0.678. The first-order valence-electron chi connectivity index (χ1n) is 6.80. The SMILES string of the molecule is C[C@@H](NCc1c(Cl)oc2ccccc12)c1cccc(Cl)c1. The molecule has 1 heterocycles. The Hall–Kier alpha value is -1.48. The van der Waals surface area contributed by atoms with E-state index in [9.17, 15) is 0 Å². The summed E-state index contributed by atoms with van der Waals surface area (Å²) >= 11 is 12.2. The van der Waals surface area contributed by atoms with E-state index in [4.69, 9.17) is 27.6 Å². The first-order valence-corrected chi connectivity index (χ1v) is 7.55. The van der Waals surface area contributed by atoms with Gasteiger partial charge in [-0.1, -0.05) is 41.9 Å². The van der Waals surface area contributed by atoms with Gasteiger partial charge in [-0.3, -0.25) is 0 Å². The molecule has 0 aliphatic rings. The molecular weight excluding hydrogens is 305 g/mol. The van der Waals surface area contributed by atoms with Crippen LogP contribution in [0.1, 0.15) is 24.1 Å². The highest BCUT2D eigenvalue weighted by atomic mass is 35.5. The number of hydrogen-bond acceptors (Lipinski definition) is 2. The third-order valence-corrected chi connectivity index (χ3v) is 4.12. The fourth-order valence-electron chi connectivity index (χ4n) is 2.38. The zero-order valence-electron chi connectivity index (χ0n) is 11.6. The van der Waals surface area contributed by atoms with Gasteiger partial charge < -0.3 is 9.73 Å². The lowest BCUT2D eigenvalue weighted by Crippen LogP contribution is -2.18. The largest absolute Gasteiger partial charge is 0.444 e. The molecule has 2 nitrogen and oxygen atoms in total. The molecule has 0 amide bonds. The number of benzene rings is 2. The summed E-state index contributed by atoms with van der Waals surface area (Å²) in [5.41, 5.74) is 2.95. The molecule has 0 fully saturated rings. The maximum atomic E-state index is 6.19. The van der Waals surface area contributed by atoms with Crippen LogP contribution in [0.3, 0.4) is 0 Å². The average Bonchev–Trinajstić information content (AvgIpc) is 2.80. The highest BCUT2D eigenvalue weighted by molar-refractivity contribution is 6.31. The Labute approximate surface area is 133 Å². The predicted molar refractivity (Wildman–Crippen MR) is 87.9 cm³/mol. The zero-order valence-corrected chi connectivity index (χ0v) is 13.1. The minimum absolute atomic E-state index is 0.174. The van der Waals surface area contributed by atoms with Gasteiger partial charge in [0.25, 0.3) is 0 Å². The van der Waals surface area contributed by atoms with Crippen LogP contribution in [0.15, 0.2) is 52.9 Å². The van der Waals surface area contributed by atoms with E-state index < -0.39 is 0 Å². The van der Waals surface area contributed by atoms with E-state index in [1.54, 1.807) is 0 Å². The molecular formula is C17H15Cl2NO. The molecule has 0 saturated carbocycles. The normalized spacial score (nSPS) is 12.7. The van der Waals surface area contributed by atoms with Crippen molar-refractivity contribution in [2.24, 2.45) is 0 Å². The van der Waals surface area contributed by atoms with Gasteiger partial charge in [0, 0.05) is 28.6 Å². The smallest absolute Gasteiger partial charge is 0.199 e. The molecule has 1 aromatic heterocycles. The van der Waals surface area contributed by atoms with Gasteiger partial charge in [-0.05, 0) is 42.3 Å². The molecule has 0 unspecified atom stereocenters. The van der Waals surface area contributed by atoms with Crippen molar-refractivity contribution in [2.45, 2.75) is 19.5 Å². The summed E-state index contributed by atoms with van der Waals surface area (Å²) in [5.74, 6) is 0. The van der Waals surface area contributed by atoms with Gasteiger partial charge in [-0.25, -0.2) is 0 Å². The predicted octanol–water partition coefficient (Wildman–Crippen LogP) is 5.59. The zero-order chi connectivity index (χ0) is 14.8. The maximum absolute atomic E-state index is 6.19. The summed E-state index contributed by atoms with van der Waals surface area (Å²) in [6, 6.07) is 15.9. The molecule has 0 aliphatic carbocycles. The van der Waals surface area contributed by atoms with E-state index in [1.165, 1.54) is 0 Å². The van der Waals surface area contributed by atoms with Gasteiger partial charge in [-0.2, -0.15) is 0 Å². The Morgan fingerprint density at radius 3 is 2.71 bits per heavy atom. The van der Waals surface area contributed by atoms with Crippen molar-refractivity contribution >= 4 is 34.2 Å². The Kier molecular flexibility index (Phi) is 4.20. The van der Waals surface area contributed by atoms with Crippen molar-refractivity contribution in [1.29, 1.82) is 0 Å². The molecule has 4 heteroatoms. The van der Waals surface area contributed by atoms with Crippen molar-refractivity contribution in [3.63, 3.8) is 0 Å². The molecule has 0 spiro atoms. The van der Waals surface area contributed by atoms with Crippen LogP contribution in [0.2, 0.25) is 10.2 Å². The van der Waals surface area contributed by atoms with Gasteiger partial charge in [0.05, 0.1) is 0 Å². The third kappa shape index (κ3) is 3.08. The molecule has 0 saturated heterocycles. The van der Waals surface area contributed by atoms with E-state index in [-0.39, 0.29) is 6.04 Å². The second-order valence-electron chi connectivity index (χ2n) is 5.01. The van der Waals surface area contributed by atoms with E-state index in [0.717, 1.165) is 27.1 Å². The second-order valence-corrected chi connectivity index (χ2v) is 5.79. The fourth-order valence-corrected chi connectivity index (χ4v) is 2.83. The van der Waals surface area contributed by atoms with Gasteiger partial charge >= 0.3 is 0 Å². The van der Waals surface area contributed by atoms with Crippen LogP contribution in [-0.2, 0) is 6.54 Å². The van der Waals surface area contributed by atoms with Crippen molar-refractivity contribution in [1.82, 2.24) is 5.32 Å². The summed E-state index contributed by atoms with van der Waals surface area (Å²) in [5, 5.41) is 5.70. The summed E-state index contributed by atoms with van der Waals surface area (Å²) in [6.07, 6.45) is 0. The molecule has 0 aliphatic heterocycles. The fraction of sp³-hybridized carbons (Fsp3) is 0.176. The van der Waals surface area contributed by atoms with E-state index in [1.807, 2.05) is 42.5 Å². The number of rotatable bonds is 4. The van der Waals surface area contributed by atoms with Gasteiger partial charge in [-0.15, -0.1) is 0 Å². The van der Waals surface area contributed by atoms with Gasteiger partial charge in [0.1, 0.15) is 5.58 Å². The number of fused-ring (bicyclic) bond motifs is 1. The van der Waals surface area contributed by atoms with Crippen LogP contribution in [0.5, 0.6) is 0 Å². The molecule has 1 N–H and O–H groups in total. The van der Waals surface area contributed by atoms with Crippen molar-refractivity contribution in [2.75, 3.05) is 0 Å². The van der Waals surface area contributed by atoms with Crippen molar-refractivity contribution in [3.8, 4) is 0 Å². The van der Waals surface area contributed by atoms with Crippen LogP contribution < -0.4 is 5.32 Å². The molecule has 0 radical (unpaired) electrons. The number of halogens is 2. The van der Waals surface area contributed by atoms with Crippen LogP contribution in [0.4, 0.5) is 0 Å². The Bertz CT molecular complexity index is 766. The van der Waals surface area contributed by atoms with Crippen LogP contribution in [-0.4, -0.2) is 0 Å². The average molecular weight is 320 g/mol. The molecule has 2 aromatic carbocycles. The highest BCUT2D eigenvalue weighted by Crippen LogP contribution is 2.30. The monoisotopic (exact) mass is 319 g/mol. The van der Waals surface area contributed by atoms with E-state index >= 15 is 0 Å². The van der Waals surface area contributed by atoms with Crippen molar-refractivity contribution in [3.05, 3.63) is 69.9 Å². The molecule has 108 valence electrons. The number of para-hydroxylation sites is 1. The number of hydrogen-bond donors (Lipinski definition) is 1. The lowest BCUT2D eigenvalue weighted by atomic mass is 10.1. The lowest BCUT2D eigenvalue weighted by Gasteiger charge is -2.14. The summed E-state index contributed by atoms with van der Waals surface area (Å²) in [7, 11) is 0. The molecule has 0 bridgehead atoms. The van der Waals surface area contributed by atoms with Gasteiger partial charge in [0.2, 0.25) is 0 Å². The molecule has 21 heavy (non-hydrogen) atoms. The maximum Gasteiger partial charge on any atom is 0.199 e. The number of furan rings is 1. The summed E-state index contributed by atoms with van der Waals surface area (Å²) in [4.78, 5) is 0. The van der Waals surface area contributed by atoms with Crippen LogP contribution in [0, 0.1) is 0 Å². The number of nitrogens with one attached hydrogen (secondary N) is 1. The minimum Gasteiger partial charge on any atom is -0.444 e. The summed E-state index contributed by atoms with van der Waals surface area (Å²) in [6.45, 7) is 2.74. The Morgan fingerprint density at radius 1 is 1.10 bits per heavy atom. The topological polar surface area (TPSA) is 25.2 Å². The molecule has 1 atom stereocenters. The Morgan fingerprint density at radius 2 is 1.90 bits per heavy atom. The Balaban J connectivity index is 1.79. The van der Waals surface area contributed by atoms with Gasteiger partial charge in [0.15, 0.2) is 5.22 Å². The first-order chi connectivity index (χ1) is 10.1.